The number of non-ortho nitro benzene ring substituents is 1. The van der Waals surface area contributed by atoms with Crippen molar-refractivity contribution in [1.29, 1.82) is 0 Å². The molecule has 1 N–H and O–H groups in total. The summed E-state index contributed by atoms with van der Waals surface area (Å²) in [7, 11) is 2.80. The fourth-order valence-electron chi connectivity index (χ4n) is 2.49. The molecular formula is C17H20N4O6. The van der Waals surface area contributed by atoms with E-state index in [1.807, 2.05) is 0 Å². The van der Waals surface area contributed by atoms with E-state index in [4.69, 9.17) is 4.74 Å². The molecular weight excluding hydrogens is 356 g/mol. The second kappa shape index (κ2) is 8.90. The number of rotatable bonds is 8. The lowest BCUT2D eigenvalue weighted by molar-refractivity contribution is -0.384. The number of ether oxygens (including phenoxy) is 2. The van der Waals surface area contributed by atoms with Crippen LogP contribution in [0.2, 0.25) is 0 Å². The highest BCUT2D eigenvalue weighted by molar-refractivity contribution is 6.00. The standard InChI is InChI=1S/C17H20N4O6/c1-11(18-8-9-26-2)16-14(10-15(22)27-3)19-20(17(16)23)12-4-6-13(7-5-12)21(24)25/h4-7,19H,8-10H2,1-3H3. The van der Waals surface area contributed by atoms with Gasteiger partial charge in [0.2, 0.25) is 0 Å². The van der Waals surface area contributed by atoms with Gasteiger partial charge in [-0.25, -0.2) is 4.68 Å². The number of benzene rings is 1. The summed E-state index contributed by atoms with van der Waals surface area (Å²) in [6.07, 6.45) is -0.141. The van der Waals surface area contributed by atoms with Gasteiger partial charge in [0.05, 0.1) is 48.6 Å². The quantitative estimate of drug-likeness (QED) is 0.243. The fourth-order valence-corrected chi connectivity index (χ4v) is 2.49. The van der Waals surface area contributed by atoms with E-state index in [9.17, 15) is 19.7 Å². The second-order valence-electron chi connectivity index (χ2n) is 5.59. The first-order valence-electron chi connectivity index (χ1n) is 8.05. The summed E-state index contributed by atoms with van der Waals surface area (Å²) in [5.41, 5.74) is 0.950. The van der Waals surface area contributed by atoms with Crippen LogP contribution in [0.25, 0.3) is 5.69 Å². The van der Waals surface area contributed by atoms with Crippen molar-refractivity contribution in [2.24, 2.45) is 4.99 Å². The number of H-pyrrole nitrogens is 1. The van der Waals surface area contributed by atoms with Crippen molar-refractivity contribution < 1.29 is 19.2 Å². The van der Waals surface area contributed by atoms with Crippen LogP contribution in [0.15, 0.2) is 34.1 Å². The van der Waals surface area contributed by atoms with Gasteiger partial charge in [-0.3, -0.25) is 29.8 Å². The molecule has 0 aliphatic heterocycles. The Bertz CT molecular complexity index is 910. The molecule has 1 aromatic carbocycles. The Labute approximate surface area is 154 Å². The molecule has 0 saturated heterocycles. The Balaban J connectivity index is 2.51. The number of nitro benzene ring substituents is 1. The number of aliphatic imine (C=N–C) groups is 1. The number of nitrogens with one attached hydrogen (secondary N) is 1. The number of aromatic nitrogens is 2. The van der Waals surface area contributed by atoms with Crippen LogP contribution in [-0.2, 0) is 20.7 Å². The molecule has 0 fully saturated rings. The van der Waals surface area contributed by atoms with Gasteiger partial charge in [0.15, 0.2) is 0 Å². The van der Waals surface area contributed by atoms with E-state index in [0.29, 0.717) is 30.2 Å². The maximum absolute atomic E-state index is 12.9. The van der Waals surface area contributed by atoms with Crippen molar-refractivity contribution in [2.75, 3.05) is 27.4 Å². The first kappa shape index (κ1) is 20.0. The van der Waals surface area contributed by atoms with Crippen molar-refractivity contribution in [2.45, 2.75) is 13.3 Å². The van der Waals surface area contributed by atoms with E-state index < -0.39 is 16.5 Å². The van der Waals surface area contributed by atoms with E-state index >= 15 is 0 Å². The van der Waals surface area contributed by atoms with E-state index in [1.54, 1.807) is 14.0 Å². The molecule has 1 aromatic heterocycles. The molecule has 2 rings (SSSR count). The monoisotopic (exact) mass is 376 g/mol. The average Bonchev–Trinajstić information content (AvgIpc) is 2.97. The molecule has 0 atom stereocenters. The Morgan fingerprint density at radius 1 is 1.30 bits per heavy atom. The highest BCUT2D eigenvalue weighted by Crippen LogP contribution is 2.15. The zero-order valence-electron chi connectivity index (χ0n) is 15.2. The van der Waals surface area contributed by atoms with Gasteiger partial charge >= 0.3 is 5.97 Å². The van der Waals surface area contributed by atoms with Crippen molar-refractivity contribution in [3.05, 3.63) is 56.0 Å². The maximum atomic E-state index is 12.9. The summed E-state index contributed by atoms with van der Waals surface area (Å²) in [6, 6.07) is 5.47. The minimum Gasteiger partial charge on any atom is -0.469 e. The molecule has 0 amide bonds. The van der Waals surface area contributed by atoms with Crippen LogP contribution in [0.4, 0.5) is 5.69 Å². The molecule has 10 nitrogen and oxygen atoms in total. The van der Waals surface area contributed by atoms with Crippen LogP contribution in [0.5, 0.6) is 0 Å². The molecule has 10 heteroatoms. The molecule has 0 saturated carbocycles. The largest absolute Gasteiger partial charge is 0.469 e. The van der Waals surface area contributed by atoms with Crippen LogP contribution in [0.3, 0.4) is 0 Å². The number of hydrogen-bond acceptors (Lipinski definition) is 7. The smallest absolute Gasteiger partial charge is 0.311 e. The van der Waals surface area contributed by atoms with Crippen molar-refractivity contribution >= 4 is 17.4 Å². The molecule has 0 bridgehead atoms. The molecule has 0 unspecified atom stereocenters. The van der Waals surface area contributed by atoms with E-state index in [0.717, 1.165) is 0 Å². The highest BCUT2D eigenvalue weighted by Gasteiger charge is 2.20. The van der Waals surface area contributed by atoms with Crippen molar-refractivity contribution in [1.82, 2.24) is 9.78 Å². The van der Waals surface area contributed by atoms with Crippen LogP contribution >= 0.6 is 0 Å². The van der Waals surface area contributed by atoms with Crippen LogP contribution in [-0.4, -0.2) is 53.8 Å². The maximum Gasteiger partial charge on any atom is 0.311 e. The Hall–Kier alpha value is -3.27. The second-order valence-corrected chi connectivity index (χ2v) is 5.59. The van der Waals surface area contributed by atoms with Gasteiger partial charge in [-0.15, -0.1) is 0 Å². The zero-order valence-corrected chi connectivity index (χ0v) is 15.2. The van der Waals surface area contributed by atoms with Gasteiger partial charge in [0, 0.05) is 25.0 Å². The predicted molar refractivity (Wildman–Crippen MR) is 97.7 cm³/mol. The van der Waals surface area contributed by atoms with E-state index in [-0.39, 0.29) is 17.7 Å². The lowest BCUT2D eigenvalue weighted by atomic mass is 10.1. The first-order valence-corrected chi connectivity index (χ1v) is 8.05. The number of nitrogens with zero attached hydrogens (tertiary/aromatic N) is 3. The molecule has 0 spiro atoms. The summed E-state index contributed by atoms with van der Waals surface area (Å²) in [4.78, 5) is 39.2. The van der Waals surface area contributed by atoms with Crippen molar-refractivity contribution in [3.63, 3.8) is 0 Å². The predicted octanol–water partition coefficient (Wildman–Crippen LogP) is 1.24. The molecule has 144 valence electrons. The first-order chi connectivity index (χ1) is 12.9. The third kappa shape index (κ3) is 4.67. The molecule has 27 heavy (non-hydrogen) atoms. The van der Waals surface area contributed by atoms with Gasteiger partial charge in [-0.05, 0) is 19.1 Å². The molecule has 1 heterocycles. The highest BCUT2D eigenvalue weighted by atomic mass is 16.6. The molecule has 0 radical (unpaired) electrons. The lowest BCUT2D eigenvalue weighted by Crippen LogP contribution is -2.20. The Morgan fingerprint density at radius 2 is 1.96 bits per heavy atom. The lowest BCUT2D eigenvalue weighted by Gasteiger charge is -2.02. The number of methoxy groups -OCH3 is 2. The van der Waals surface area contributed by atoms with Gasteiger partial charge < -0.3 is 9.47 Å². The topological polar surface area (TPSA) is 129 Å². The number of esters is 1. The Kier molecular flexibility index (Phi) is 6.61. The third-order valence-electron chi connectivity index (χ3n) is 3.84. The third-order valence-corrected chi connectivity index (χ3v) is 3.84. The summed E-state index contributed by atoms with van der Waals surface area (Å²) in [5, 5.41) is 13.7. The zero-order chi connectivity index (χ0) is 20.0. The summed E-state index contributed by atoms with van der Waals surface area (Å²) in [5.74, 6) is -0.516. The van der Waals surface area contributed by atoms with Crippen LogP contribution in [0, 0.1) is 10.1 Å². The minimum absolute atomic E-state index is 0.0920. The number of aromatic amines is 1. The van der Waals surface area contributed by atoms with Crippen molar-refractivity contribution in [3.8, 4) is 5.69 Å². The van der Waals surface area contributed by atoms with E-state index in [2.05, 4.69) is 14.8 Å². The number of carbonyl (C=O) groups excluding carboxylic acids is 1. The van der Waals surface area contributed by atoms with Crippen LogP contribution < -0.4 is 5.56 Å². The molecule has 0 aliphatic rings. The summed E-state index contributed by atoms with van der Waals surface area (Å²) in [6.45, 7) is 2.42. The van der Waals surface area contributed by atoms with Gasteiger partial charge in [-0.2, -0.15) is 0 Å². The number of hydrogen-bond donors (Lipinski definition) is 1. The number of nitro groups is 1. The summed E-state index contributed by atoms with van der Waals surface area (Å²) >= 11 is 0. The average molecular weight is 376 g/mol. The molecule has 2 aromatic rings. The SMILES string of the molecule is COCCN=C(C)c1c(CC(=O)OC)[nH]n(-c2ccc([N+](=O)[O-])cc2)c1=O. The molecule has 0 aliphatic carbocycles. The van der Waals surface area contributed by atoms with Gasteiger partial charge in [-0.1, -0.05) is 0 Å². The summed E-state index contributed by atoms with van der Waals surface area (Å²) < 4.78 is 10.8. The van der Waals surface area contributed by atoms with Gasteiger partial charge in [0.1, 0.15) is 0 Å². The normalized spacial score (nSPS) is 11.4. The van der Waals surface area contributed by atoms with E-state index in [1.165, 1.54) is 36.1 Å². The Morgan fingerprint density at radius 3 is 2.52 bits per heavy atom. The van der Waals surface area contributed by atoms with Crippen LogP contribution in [0.1, 0.15) is 18.2 Å². The van der Waals surface area contributed by atoms with Gasteiger partial charge in [0.25, 0.3) is 11.2 Å². The number of carbonyl (C=O) groups is 1. The fraction of sp³-hybridized carbons (Fsp3) is 0.353. The minimum atomic E-state index is -0.526.